The van der Waals surface area contributed by atoms with Crippen LogP contribution in [0.25, 0.3) is 0 Å². The normalized spacial score (nSPS) is 14.2. The van der Waals surface area contributed by atoms with Crippen molar-refractivity contribution >= 4 is 27.6 Å². The molecule has 0 heterocycles. The number of halogens is 2. The molecule has 16 heavy (non-hydrogen) atoms. The molecule has 0 saturated carbocycles. The van der Waals surface area contributed by atoms with Gasteiger partial charge in [-0.1, -0.05) is 6.07 Å². The fourth-order valence-electron chi connectivity index (χ4n) is 1.20. The maximum absolute atomic E-state index is 13.4. The van der Waals surface area contributed by atoms with Crippen LogP contribution in [0.5, 0.6) is 0 Å². The van der Waals surface area contributed by atoms with Crippen LogP contribution in [-0.2, 0) is 4.79 Å². The van der Waals surface area contributed by atoms with Crippen LogP contribution in [0.2, 0.25) is 0 Å². The Morgan fingerprint density at radius 3 is 2.62 bits per heavy atom. The first-order valence-electron chi connectivity index (χ1n) is 4.87. The number of hydrogen-bond donors (Lipinski definition) is 2. The van der Waals surface area contributed by atoms with E-state index in [0.29, 0.717) is 10.2 Å². The van der Waals surface area contributed by atoms with E-state index in [-0.39, 0.29) is 6.04 Å². The van der Waals surface area contributed by atoms with Gasteiger partial charge in [-0.15, -0.1) is 0 Å². The molecule has 88 valence electrons. The number of benzene rings is 1. The largest absolute Gasteiger partial charge is 0.481 e. The molecule has 0 aromatic heterocycles. The van der Waals surface area contributed by atoms with Crippen molar-refractivity contribution in [1.82, 2.24) is 0 Å². The molecule has 2 atom stereocenters. The van der Waals surface area contributed by atoms with Gasteiger partial charge in [0.15, 0.2) is 0 Å². The number of rotatable bonds is 4. The Kier molecular flexibility index (Phi) is 4.29. The third kappa shape index (κ3) is 2.95. The standard InChI is InChI=1S/C11H13BrFNO2/c1-6(11(15)16)7(2)14-10-8(12)4-3-5-9(10)13/h3-7,14H,1-2H3,(H,15,16). The lowest BCUT2D eigenvalue weighted by molar-refractivity contribution is -0.141. The molecule has 0 fully saturated rings. The Bertz CT molecular complexity index is 377. The van der Waals surface area contributed by atoms with Crippen molar-refractivity contribution in [3.63, 3.8) is 0 Å². The quantitative estimate of drug-likeness (QED) is 0.895. The molecule has 1 aromatic rings. The number of hydrogen-bond acceptors (Lipinski definition) is 2. The molecule has 0 saturated heterocycles. The van der Waals surface area contributed by atoms with E-state index in [9.17, 15) is 9.18 Å². The summed E-state index contributed by atoms with van der Waals surface area (Å²) in [5.74, 6) is -1.90. The van der Waals surface area contributed by atoms with E-state index in [0.717, 1.165) is 0 Å². The first kappa shape index (κ1) is 13.0. The fourth-order valence-corrected chi connectivity index (χ4v) is 1.66. The van der Waals surface area contributed by atoms with Crippen molar-refractivity contribution < 1.29 is 14.3 Å². The number of para-hydroxylation sites is 1. The van der Waals surface area contributed by atoms with Gasteiger partial charge in [-0.25, -0.2) is 4.39 Å². The summed E-state index contributed by atoms with van der Waals surface area (Å²) in [6.45, 7) is 3.28. The fraction of sp³-hybridized carbons (Fsp3) is 0.364. The zero-order valence-corrected chi connectivity index (χ0v) is 10.6. The first-order valence-corrected chi connectivity index (χ1v) is 5.66. The summed E-state index contributed by atoms with van der Waals surface area (Å²) in [5, 5.41) is 11.7. The highest BCUT2D eigenvalue weighted by molar-refractivity contribution is 9.10. The number of anilines is 1. The minimum absolute atomic E-state index is 0.295. The highest BCUT2D eigenvalue weighted by atomic mass is 79.9. The molecule has 1 rings (SSSR count). The van der Waals surface area contributed by atoms with Crippen LogP contribution in [0.15, 0.2) is 22.7 Å². The predicted octanol–water partition coefficient (Wildman–Crippen LogP) is 3.11. The van der Waals surface area contributed by atoms with E-state index in [4.69, 9.17) is 5.11 Å². The summed E-state index contributed by atoms with van der Waals surface area (Å²) >= 11 is 3.21. The van der Waals surface area contributed by atoms with Gasteiger partial charge >= 0.3 is 5.97 Å². The van der Waals surface area contributed by atoms with E-state index in [2.05, 4.69) is 21.2 Å². The summed E-state index contributed by atoms with van der Waals surface area (Å²) in [5.41, 5.74) is 0.295. The lowest BCUT2D eigenvalue weighted by Gasteiger charge is -2.20. The van der Waals surface area contributed by atoms with Crippen LogP contribution in [0, 0.1) is 11.7 Å². The zero-order chi connectivity index (χ0) is 12.3. The third-order valence-corrected chi connectivity index (χ3v) is 3.14. The molecule has 2 unspecified atom stereocenters. The predicted molar refractivity (Wildman–Crippen MR) is 64.0 cm³/mol. The lowest BCUT2D eigenvalue weighted by Crippen LogP contribution is -2.30. The molecule has 0 amide bonds. The summed E-state index contributed by atoms with van der Waals surface area (Å²) < 4.78 is 14.0. The van der Waals surface area contributed by atoms with Gasteiger partial charge in [0.25, 0.3) is 0 Å². The Labute approximate surface area is 102 Å². The second-order valence-corrected chi connectivity index (χ2v) is 4.51. The lowest BCUT2D eigenvalue weighted by atomic mass is 10.0. The summed E-state index contributed by atoms with van der Waals surface area (Å²) in [7, 11) is 0. The molecule has 3 nitrogen and oxygen atoms in total. The SMILES string of the molecule is CC(Nc1c(F)cccc1Br)C(C)C(=O)O. The Balaban J connectivity index is 2.84. The molecule has 0 aliphatic rings. The molecule has 0 radical (unpaired) electrons. The van der Waals surface area contributed by atoms with Crippen LogP contribution in [-0.4, -0.2) is 17.1 Å². The van der Waals surface area contributed by atoms with Crippen molar-refractivity contribution in [3.8, 4) is 0 Å². The maximum Gasteiger partial charge on any atom is 0.308 e. The second kappa shape index (κ2) is 5.30. The van der Waals surface area contributed by atoms with Gasteiger partial charge < -0.3 is 10.4 Å². The molecule has 5 heteroatoms. The monoisotopic (exact) mass is 289 g/mol. The molecule has 0 bridgehead atoms. The minimum Gasteiger partial charge on any atom is -0.481 e. The Morgan fingerprint density at radius 1 is 1.50 bits per heavy atom. The van der Waals surface area contributed by atoms with E-state index in [1.54, 1.807) is 26.0 Å². The van der Waals surface area contributed by atoms with Crippen LogP contribution in [0.1, 0.15) is 13.8 Å². The molecule has 1 aromatic carbocycles. The maximum atomic E-state index is 13.4. The van der Waals surface area contributed by atoms with Gasteiger partial charge in [0.1, 0.15) is 5.82 Å². The van der Waals surface area contributed by atoms with Crippen molar-refractivity contribution in [2.75, 3.05) is 5.32 Å². The molecule has 0 aliphatic carbocycles. The average Bonchev–Trinajstić information content (AvgIpc) is 2.22. The van der Waals surface area contributed by atoms with E-state index >= 15 is 0 Å². The highest BCUT2D eigenvalue weighted by Crippen LogP contribution is 2.26. The van der Waals surface area contributed by atoms with E-state index < -0.39 is 17.7 Å². The van der Waals surface area contributed by atoms with Gasteiger partial charge in [0, 0.05) is 10.5 Å². The van der Waals surface area contributed by atoms with Crippen molar-refractivity contribution in [2.24, 2.45) is 5.92 Å². The second-order valence-electron chi connectivity index (χ2n) is 3.66. The molecule has 0 spiro atoms. The Morgan fingerprint density at radius 2 is 2.12 bits per heavy atom. The number of aliphatic carboxylic acids is 1. The van der Waals surface area contributed by atoms with Gasteiger partial charge in [-0.2, -0.15) is 0 Å². The molecule has 0 aliphatic heterocycles. The van der Waals surface area contributed by atoms with Gasteiger partial charge in [-0.05, 0) is 41.9 Å². The van der Waals surface area contributed by atoms with Crippen LogP contribution >= 0.6 is 15.9 Å². The number of nitrogens with one attached hydrogen (secondary N) is 1. The van der Waals surface area contributed by atoms with Gasteiger partial charge in [0.2, 0.25) is 0 Å². The Hall–Kier alpha value is -1.10. The van der Waals surface area contributed by atoms with Crippen LogP contribution < -0.4 is 5.32 Å². The van der Waals surface area contributed by atoms with Gasteiger partial charge in [0.05, 0.1) is 11.6 Å². The van der Waals surface area contributed by atoms with Crippen LogP contribution in [0.4, 0.5) is 10.1 Å². The van der Waals surface area contributed by atoms with E-state index in [1.165, 1.54) is 6.07 Å². The van der Waals surface area contributed by atoms with Crippen molar-refractivity contribution in [2.45, 2.75) is 19.9 Å². The highest BCUT2D eigenvalue weighted by Gasteiger charge is 2.20. The number of carboxylic acid groups (broad SMARTS) is 1. The number of carboxylic acids is 1. The topological polar surface area (TPSA) is 49.3 Å². The zero-order valence-electron chi connectivity index (χ0n) is 9.00. The van der Waals surface area contributed by atoms with E-state index in [1.807, 2.05) is 0 Å². The van der Waals surface area contributed by atoms with Crippen molar-refractivity contribution in [3.05, 3.63) is 28.5 Å². The summed E-state index contributed by atoms with van der Waals surface area (Å²) in [4.78, 5) is 10.8. The summed E-state index contributed by atoms with van der Waals surface area (Å²) in [6, 6.07) is 4.25. The average molecular weight is 290 g/mol. The molecular weight excluding hydrogens is 277 g/mol. The first-order chi connectivity index (χ1) is 7.43. The van der Waals surface area contributed by atoms with Crippen molar-refractivity contribution in [1.29, 1.82) is 0 Å². The summed E-state index contributed by atoms with van der Waals surface area (Å²) in [6.07, 6.45) is 0. The smallest absolute Gasteiger partial charge is 0.308 e. The van der Waals surface area contributed by atoms with Gasteiger partial charge in [-0.3, -0.25) is 4.79 Å². The number of carbonyl (C=O) groups is 1. The minimum atomic E-state index is -0.910. The van der Waals surface area contributed by atoms with Crippen LogP contribution in [0.3, 0.4) is 0 Å². The molecule has 2 N–H and O–H groups in total. The molecular formula is C11H13BrFNO2. The third-order valence-electron chi connectivity index (χ3n) is 2.47.